The van der Waals surface area contributed by atoms with E-state index in [9.17, 15) is 29.0 Å². The maximum atomic E-state index is 13.6. The predicted molar refractivity (Wildman–Crippen MR) is 152 cm³/mol. The van der Waals surface area contributed by atoms with Gasteiger partial charge in [-0.25, -0.2) is 4.39 Å². The highest BCUT2D eigenvalue weighted by molar-refractivity contribution is 14.1. The number of rotatable bonds is 13. The van der Waals surface area contributed by atoms with E-state index in [1.54, 1.807) is 18.2 Å². The summed E-state index contributed by atoms with van der Waals surface area (Å²) in [7, 11) is 2.88. The third-order valence-corrected chi connectivity index (χ3v) is 7.16. The minimum Gasteiger partial charge on any atom is -0.493 e. The van der Waals surface area contributed by atoms with Crippen molar-refractivity contribution in [3.8, 4) is 11.5 Å². The van der Waals surface area contributed by atoms with E-state index < -0.39 is 30.0 Å². The van der Waals surface area contributed by atoms with Gasteiger partial charge in [-0.2, -0.15) is 0 Å². The first-order valence-electron chi connectivity index (χ1n) is 12.5. The Balaban J connectivity index is 2.03. The van der Waals surface area contributed by atoms with Gasteiger partial charge in [0.25, 0.3) is 0 Å². The molecule has 0 saturated carbocycles. The maximum absolute atomic E-state index is 13.6. The molecule has 40 heavy (non-hydrogen) atoms. The molecule has 0 spiro atoms. The third-order valence-electron chi connectivity index (χ3n) is 6.36. The fourth-order valence-electron chi connectivity index (χ4n) is 4.35. The molecule has 0 saturated heterocycles. The number of aldehydes is 1. The highest BCUT2D eigenvalue weighted by atomic mass is 127. The number of halogens is 2. The molecule has 0 fully saturated rings. The fraction of sp³-hybridized carbons (Fsp3) is 0.393. The summed E-state index contributed by atoms with van der Waals surface area (Å²) < 4.78 is 30.8. The summed E-state index contributed by atoms with van der Waals surface area (Å²) in [5, 5.41) is 23.3. The van der Waals surface area contributed by atoms with Crippen molar-refractivity contribution < 1.29 is 43.2 Å². The molecular weight excluding hydrogens is 638 g/mol. The van der Waals surface area contributed by atoms with Crippen LogP contribution in [-0.4, -0.2) is 85.4 Å². The summed E-state index contributed by atoms with van der Waals surface area (Å²) in [6, 6.07) is 7.82. The Bertz CT molecular complexity index is 1220. The quantitative estimate of drug-likeness (QED) is 0.218. The Hall–Kier alpha value is -3.07. The first kappa shape index (κ1) is 31.5. The molecule has 2 aromatic rings. The average molecular weight is 670 g/mol. The van der Waals surface area contributed by atoms with Crippen LogP contribution in [0.15, 0.2) is 48.0 Å². The van der Waals surface area contributed by atoms with Gasteiger partial charge >= 0.3 is 0 Å². The van der Waals surface area contributed by atoms with Crippen LogP contribution in [0.25, 0.3) is 0 Å². The lowest BCUT2D eigenvalue weighted by Crippen LogP contribution is -2.55. The van der Waals surface area contributed by atoms with Crippen molar-refractivity contribution in [2.24, 2.45) is 0 Å². The Morgan fingerprint density at radius 3 is 2.58 bits per heavy atom. The standard InChI is InChI=1S/C28H32FIN2O8/c1-38-10-7-25(35)32(15-17-3-5-20(29)6-4-17)22-13-19(28(37)31-8-9-33)14-23(26(22)36)40-27-21(30)11-18(16-34)12-24(27)39-2/h3-6,11-12,14,16,22-23,26,33,36H,7-10,13,15H2,1-2H3,(H,31,37). The first-order chi connectivity index (χ1) is 19.2. The van der Waals surface area contributed by atoms with E-state index in [0.29, 0.717) is 21.0 Å². The van der Waals surface area contributed by atoms with E-state index in [-0.39, 0.29) is 62.1 Å². The molecule has 1 aliphatic rings. The molecule has 2 amide bonds. The first-order valence-corrected chi connectivity index (χ1v) is 13.6. The topological polar surface area (TPSA) is 135 Å². The van der Waals surface area contributed by atoms with Crippen molar-refractivity contribution in [2.45, 2.75) is 37.6 Å². The van der Waals surface area contributed by atoms with Gasteiger partial charge in [-0.05, 0) is 58.5 Å². The molecule has 1 aliphatic carbocycles. The lowest BCUT2D eigenvalue weighted by molar-refractivity contribution is -0.140. The van der Waals surface area contributed by atoms with Gasteiger partial charge in [-0.3, -0.25) is 14.4 Å². The second kappa shape index (κ2) is 15.1. The van der Waals surface area contributed by atoms with Gasteiger partial charge in [0.1, 0.15) is 24.3 Å². The fourth-order valence-corrected chi connectivity index (χ4v) is 5.10. The van der Waals surface area contributed by atoms with Crippen molar-refractivity contribution in [1.29, 1.82) is 0 Å². The Kier molecular flexibility index (Phi) is 11.9. The van der Waals surface area contributed by atoms with E-state index in [4.69, 9.17) is 14.2 Å². The molecule has 10 nitrogen and oxygen atoms in total. The minimum atomic E-state index is -1.28. The number of nitrogens with zero attached hydrogens (tertiary/aromatic N) is 1. The third kappa shape index (κ3) is 7.99. The highest BCUT2D eigenvalue weighted by Gasteiger charge is 2.41. The zero-order valence-corrected chi connectivity index (χ0v) is 24.3. The normalized spacial score (nSPS) is 18.4. The largest absolute Gasteiger partial charge is 0.493 e. The minimum absolute atomic E-state index is 0.00346. The van der Waals surface area contributed by atoms with Gasteiger partial charge in [-0.1, -0.05) is 12.1 Å². The number of methoxy groups -OCH3 is 2. The Labute approximate surface area is 245 Å². The van der Waals surface area contributed by atoms with Crippen molar-refractivity contribution in [3.63, 3.8) is 0 Å². The van der Waals surface area contributed by atoms with Crippen LogP contribution in [0.5, 0.6) is 11.5 Å². The van der Waals surface area contributed by atoms with Crippen LogP contribution >= 0.6 is 22.6 Å². The van der Waals surface area contributed by atoms with E-state index in [1.165, 1.54) is 43.4 Å². The lowest BCUT2D eigenvalue weighted by Gasteiger charge is -2.40. The molecule has 0 heterocycles. The van der Waals surface area contributed by atoms with Gasteiger partial charge < -0.3 is 34.6 Å². The van der Waals surface area contributed by atoms with Gasteiger partial charge in [0.05, 0.1) is 36.4 Å². The van der Waals surface area contributed by atoms with E-state index in [0.717, 1.165) is 0 Å². The molecule has 2 aromatic carbocycles. The summed E-state index contributed by atoms with van der Waals surface area (Å²) in [4.78, 5) is 39.1. The zero-order valence-electron chi connectivity index (χ0n) is 22.1. The number of hydrogen-bond donors (Lipinski definition) is 3. The SMILES string of the molecule is COCCC(=O)N(Cc1ccc(F)cc1)C1CC(C(=O)NCCO)=CC(Oc2c(I)cc(C=O)cc2OC)C1O. The molecule has 3 unspecified atom stereocenters. The highest BCUT2D eigenvalue weighted by Crippen LogP contribution is 2.37. The van der Waals surface area contributed by atoms with Crippen LogP contribution in [0.4, 0.5) is 4.39 Å². The van der Waals surface area contributed by atoms with Crippen LogP contribution in [0.3, 0.4) is 0 Å². The number of carbonyl (C=O) groups excluding carboxylic acids is 3. The van der Waals surface area contributed by atoms with Gasteiger partial charge in [0.15, 0.2) is 11.5 Å². The zero-order chi connectivity index (χ0) is 29.2. The summed E-state index contributed by atoms with van der Waals surface area (Å²) in [6.07, 6.45) is -0.219. The molecule has 0 radical (unpaired) electrons. The molecule has 216 valence electrons. The summed E-state index contributed by atoms with van der Waals surface area (Å²) in [6.45, 7) is -0.0765. The molecule has 3 N–H and O–H groups in total. The maximum Gasteiger partial charge on any atom is 0.247 e. The van der Waals surface area contributed by atoms with E-state index >= 15 is 0 Å². The monoisotopic (exact) mass is 670 g/mol. The van der Waals surface area contributed by atoms with Crippen LogP contribution in [-0.2, 0) is 20.9 Å². The number of amides is 2. The van der Waals surface area contributed by atoms with Gasteiger partial charge in [0, 0.05) is 37.8 Å². The summed E-state index contributed by atoms with van der Waals surface area (Å²) in [5.41, 5.74) is 1.23. The number of hydrogen-bond acceptors (Lipinski definition) is 8. The van der Waals surface area contributed by atoms with Crippen molar-refractivity contribution in [3.05, 3.63) is 68.6 Å². The molecule has 0 bridgehead atoms. The number of aliphatic hydroxyl groups excluding tert-OH is 2. The number of nitrogens with one attached hydrogen (secondary N) is 1. The van der Waals surface area contributed by atoms with Crippen LogP contribution in [0, 0.1) is 9.39 Å². The van der Waals surface area contributed by atoms with Crippen LogP contribution in [0.2, 0.25) is 0 Å². The van der Waals surface area contributed by atoms with Crippen LogP contribution < -0.4 is 14.8 Å². The summed E-state index contributed by atoms with van der Waals surface area (Å²) in [5.74, 6) is -0.748. The van der Waals surface area contributed by atoms with Crippen LogP contribution in [0.1, 0.15) is 28.8 Å². The molecule has 12 heteroatoms. The second-order valence-electron chi connectivity index (χ2n) is 9.06. The molecule has 0 aliphatic heterocycles. The van der Waals surface area contributed by atoms with Crippen molar-refractivity contribution >= 4 is 40.7 Å². The van der Waals surface area contributed by atoms with Gasteiger partial charge in [0.2, 0.25) is 11.8 Å². The molecule has 3 atom stereocenters. The molecule has 3 rings (SSSR count). The number of aliphatic hydroxyl groups is 2. The molecular formula is C28H32FIN2O8. The predicted octanol–water partition coefficient (Wildman–Crippen LogP) is 2.23. The Morgan fingerprint density at radius 2 is 1.95 bits per heavy atom. The smallest absolute Gasteiger partial charge is 0.247 e. The van der Waals surface area contributed by atoms with E-state index in [2.05, 4.69) is 5.32 Å². The van der Waals surface area contributed by atoms with Gasteiger partial charge in [-0.15, -0.1) is 0 Å². The van der Waals surface area contributed by atoms with Crippen molar-refractivity contribution in [1.82, 2.24) is 10.2 Å². The molecule has 0 aromatic heterocycles. The van der Waals surface area contributed by atoms with E-state index in [1.807, 2.05) is 22.6 Å². The number of ether oxygens (including phenoxy) is 3. The lowest BCUT2D eigenvalue weighted by atomic mass is 9.87. The van der Waals surface area contributed by atoms with Crippen molar-refractivity contribution in [2.75, 3.05) is 34.0 Å². The Morgan fingerprint density at radius 1 is 1.23 bits per heavy atom. The number of carbonyl (C=O) groups is 3. The summed E-state index contributed by atoms with van der Waals surface area (Å²) >= 11 is 1.98. The second-order valence-corrected chi connectivity index (χ2v) is 10.2. The number of benzene rings is 2. The average Bonchev–Trinajstić information content (AvgIpc) is 2.96.